The molecule has 0 atom stereocenters. The third-order valence-corrected chi connectivity index (χ3v) is 4.27. The minimum absolute atomic E-state index is 0.117. The smallest absolute Gasteiger partial charge is 0.255 e. The number of benzene rings is 2. The van der Waals surface area contributed by atoms with E-state index in [0.717, 1.165) is 14.2 Å². The zero-order valence-corrected chi connectivity index (χ0v) is 13.2. The summed E-state index contributed by atoms with van der Waals surface area (Å²) in [6.07, 6.45) is 1.96. The number of anilines is 1. The first-order chi connectivity index (χ1) is 9.11. The number of amides is 1. The lowest BCUT2D eigenvalue weighted by atomic mass is 10.2. The molecule has 1 amide bonds. The van der Waals surface area contributed by atoms with E-state index in [9.17, 15) is 9.90 Å². The number of rotatable bonds is 3. The molecule has 2 aromatic rings. The van der Waals surface area contributed by atoms with Crippen molar-refractivity contribution in [3.05, 3.63) is 51.6 Å². The maximum absolute atomic E-state index is 12.1. The molecule has 0 bridgehead atoms. The lowest BCUT2D eigenvalue weighted by Crippen LogP contribution is -2.12. The molecule has 0 unspecified atom stereocenters. The van der Waals surface area contributed by atoms with Gasteiger partial charge in [0.15, 0.2) is 0 Å². The largest absolute Gasteiger partial charge is 0.507 e. The minimum Gasteiger partial charge on any atom is -0.507 e. The van der Waals surface area contributed by atoms with Crippen LogP contribution in [0.5, 0.6) is 5.75 Å². The molecule has 0 saturated carbocycles. The second-order valence-corrected chi connectivity index (χ2v) is 5.83. The number of carbonyl (C=O) groups excluding carboxylic acids is 1. The van der Waals surface area contributed by atoms with Crippen molar-refractivity contribution in [3.63, 3.8) is 0 Å². The van der Waals surface area contributed by atoms with E-state index in [4.69, 9.17) is 0 Å². The van der Waals surface area contributed by atoms with Gasteiger partial charge in [0.25, 0.3) is 5.91 Å². The monoisotopic (exact) mass is 385 g/mol. The average Bonchev–Trinajstić information content (AvgIpc) is 2.42. The molecule has 0 aliphatic heterocycles. The fourth-order valence-corrected chi connectivity index (χ4v) is 2.49. The number of phenolic OH excluding ortho intramolecular Hbond substituents is 1. The van der Waals surface area contributed by atoms with Crippen LogP contribution in [0.2, 0.25) is 0 Å². The van der Waals surface area contributed by atoms with Crippen molar-refractivity contribution in [3.8, 4) is 5.75 Å². The van der Waals surface area contributed by atoms with Gasteiger partial charge in [-0.15, -0.1) is 11.8 Å². The van der Waals surface area contributed by atoms with E-state index in [1.807, 2.05) is 53.1 Å². The molecule has 0 fully saturated rings. The molecule has 0 aliphatic carbocycles. The van der Waals surface area contributed by atoms with Crippen LogP contribution in [0.4, 0.5) is 5.69 Å². The summed E-state index contributed by atoms with van der Waals surface area (Å²) in [5.74, 6) is -0.111. The van der Waals surface area contributed by atoms with Crippen LogP contribution in [0, 0.1) is 3.57 Å². The zero-order valence-electron chi connectivity index (χ0n) is 10.2. The number of hydrogen-bond donors (Lipinski definition) is 2. The van der Waals surface area contributed by atoms with Crippen LogP contribution in [0.1, 0.15) is 10.4 Å². The van der Waals surface area contributed by atoms with Crippen molar-refractivity contribution >= 4 is 45.9 Å². The van der Waals surface area contributed by atoms with Crippen molar-refractivity contribution in [2.75, 3.05) is 11.6 Å². The Morgan fingerprint density at radius 3 is 2.68 bits per heavy atom. The van der Waals surface area contributed by atoms with Gasteiger partial charge in [0.1, 0.15) is 5.75 Å². The fourth-order valence-electron chi connectivity index (χ4n) is 1.60. The van der Waals surface area contributed by atoms with Gasteiger partial charge in [-0.2, -0.15) is 0 Å². The summed E-state index contributed by atoms with van der Waals surface area (Å²) in [5.41, 5.74) is 1.21. The molecule has 0 radical (unpaired) electrons. The number of nitrogens with one attached hydrogen (secondary N) is 1. The molecule has 3 nitrogen and oxygen atoms in total. The van der Waals surface area contributed by atoms with Crippen molar-refractivity contribution < 1.29 is 9.90 Å². The molecule has 0 heterocycles. The average molecular weight is 385 g/mol. The number of carbonyl (C=O) groups is 1. The molecule has 0 aliphatic rings. The van der Waals surface area contributed by atoms with Gasteiger partial charge in [-0.05, 0) is 59.2 Å². The van der Waals surface area contributed by atoms with E-state index in [0.29, 0.717) is 5.56 Å². The number of aromatic hydroxyl groups is 1. The highest BCUT2D eigenvalue weighted by Crippen LogP contribution is 2.26. The van der Waals surface area contributed by atoms with Crippen molar-refractivity contribution in [2.24, 2.45) is 0 Å². The van der Waals surface area contributed by atoms with Crippen molar-refractivity contribution in [1.82, 2.24) is 0 Å². The van der Waals surface area contributed by atoms with Crippen LogP contribution >= 0.6 is 34.4 Å². The van der Waals surface area contributed by atoms with Gasteiger partial charge in [0.2, 0.25) is 0 Å². The fraction of sp³-hybridized carbons (Fsp3) is 0.0714. The summed E-state index contributed by atoms with van der Waals surface area (Å²) in [5, 5.41) is 12.5. The van der Waals surface area contributed by atoms with Gasteiger partial charge in [-0.3, -0.25) is 4.79 Å². The highest BCUT2D eigenvalue weighted by atomic mass is 127. The lowest BCUT2D eigenvalue weighted by Gasteiger charge is -2.09. The summed E-state index contributed by atoms with van der Waals surface area (Å²) >= 11 is 3.59. The normalized spacial score (nSPS) is 10.2. The number of hydrogen-bond acceptors (Lipinski definition) is 3. The first kappa shape index (κ1) is 14.2. The zero-order chi connectivity index (χ0) is 13.8. The van der Waals surface area contributed by atoms with E-state index in [1.165, 1.54) is 6.07 Å². The molecular weight excluding hydrogens is 373 g/mol. The summed E-state index contributed by atoms with van der Waals surface area (Å²) in [6, 6.07) is 12.5. The van der Waals surface area contributed by atoms with Crippen LogP contribution in [0.25, 0.3) is 0 Å². The second-order valence-electron chi connectivity index (χ2n) is 3.82. The third kappa shape index (κ3) is 3.42. The van der Waals surface area contributed by atoms with Gasteiger partial charge in [-0.25, -0.2) is 0 Å². The van der Waals surface area contributed by atoms with E-state index < -0.39 is 0 Å². The van der Waals surface area contributed by atoms with Crippen LogP contribution in [-0.2, 0) is 0 Å². The van der Waals surface area contributed by atoms with E-state index in [-0.39, 0.29) is 11.7 Å². The Morgan fingerprint density at radius 1 is 1.26 bits per heavy atom. The summed E-state index contributed by atoms with van der Waals surface area (Å²) in [7, 11) is 0. The van der Waals surface area contributed by atoms with Crippen LogP contribution in [0.15, 0.2) is 47.4 Å². The highest BCUT2D eigenvalue weighted by Gasteiger charge is 2.10. The van der Waals surface area contributed by atoms with Crippen LogP contribution in [0.3, 0.4) is 0 Å². The Labute approximate surface area is 129 Å². The molecular formula is C14H12INO2S. The topological polar surface area (TPSA) is 49.3 Å². The maximum Gasteiger partial charge on any atom is 0.255 e. The van der Waals surface area contributed by atoms with E-state index >= 15 is 0 Å². The molecule has 2 rings (SSSR count). The first-order valence-corrected chi connectivity index (χ1v) is 7.85. The van der Waals surface area contributed by atoms with E-state index in [1.54, 1.807) is 23.9 Å². The number of thioether (sulfide) groups is 1. The maximum atomic E-state index is 12.1. The highest BCUT2D eigenvalue weighted by molar-refractivity contribution is 14.1. The molecule has 2 N–H and O–H groups in total. The van der Waals surface area contributed by atoms with Gasteiger partial charge in [0, 0.05) is 10.5 Å². The number of para-hydroxylation sites is 1. The Morgan fingerprint density at radius 2 is 2.00 bits per heavy atom. The lowest BCUT2D eigenvalue weighted by molar-refractivity contribution is 0.102. The van der Waals surface area contributed by atoms with Crippen molar-refractivity contribution in [2.45, 2.75) is 4.90 Å². The predicted molar refractivity (Wildman–Crippen MR) is 87.0 cm³/mol. The first-order valence-electron chi connectivity index (χ1n) is 5.54. The summed E-state index contributed by atoms with van der Waals surface area (Å²) in [6.45, 7) is 0. The molecule has 0 spiro atoms. The summed E-state index contributed by atoms with van der Waals surface area (Å²) in [4.78, 5) is 13.1. The molecule has 98 valence electrons. The minimum atomic E-state index is -0.229. The standard InChI is InChI=1S/C14H12INO2S/c1-19-13-5-3-2-4-11(13)16-14(18)9-6-7-10(15)12(17)8-9/h2-8,17H,1H3,(H,16,18). The second kappa shape index (κ2) is 6.29. The summed E-state index contributed by atoms with van der Waals surface area (Å²) < 4.78 is 0.721. The Bertz CT molecular complexity index is 616. The van der Waals surface area contributed by atoms with Gasteiger partial charge in [-0.1, -0.05) is 12.1 Å². The predicted octanol–water partition coefficient (Wildman–Crippen LogP) is 3.97. The molecule has 19 heavy (non-hydrogen) atoms. The van der Waals surface area contributed by atoms with E-state index in [2.05, 4.69) is 5.32 Å². The molecule has 5 heteroatoms. The molecule has 0 saturated heterocycles. The van der Waals surface area contributed by atoms with Gasteiger partial charge >= 0.3 is 0 Å². The van der Waals surface area contributed by atoms with Gasteiger partial charge < -0.3 is 10.4 Å². The number of halogens is 1. The number of phenols is 1. The SMILES string of the molecule is CSc1ccccc1NC(=O)c1ccc(I)c(O)c1. The van der Waals surface area contributed by atoms with Crippen LogP contribution in [-0.4, -0.2) is 17.3 Å². The molecule has 2 aromatic carbocycles. The Balaban J connectivity index is 2.23. The third-order valence-electron chi connectivity index (χ3n) is 2.56. The Hall–Kier alpha value is -1.21. The van der Waals surface area contributed by atoms with Gasteiger partial charge in [0.05, 0.1) is 9.26 Å². The molecule has 0 aromatic heterocycles. The van der Waals surface area contributed by atoms with Crippen molar-refractivity contribution in [1.29, 1.82) is 0 Å². The quantitative estimate of drug-likeness (QED) is 0.621. The Kier molecular flexibility index (Phi) is 4.71. The van der Waals surface area contributed by atoms with Crippen LogP contribution < -0.4 is 5.32 Å².